The molecule has 7 nitrogen and oxygen atoms in total. The Morgan fingerprint density at radius 2 is 2.09 bits per heavy atom. The minimum atomic E-state index is -0.957. The van der Waals surface area contributed by atoms with Gasteiger partial charge < -0.3 is 13.9 Å². The van der Waals surface area contributed by atoms with E-state index in [2.05, 4.69) is 21.3 Å². The zero-order valence-corrected chi connectivity index (χ0v) is 19.1. The lowest BCUT2D eigenvalue weighted by Gasteiger charge is -2.22. The van der Waals surface area contributed by atoms with Crippen LogP contribution >= 0.6 is 0 Å². The van der Waals surface area contributed by atoms with Gasteiger partial charge in [0.1, 0.15) is 23.7 Å². The van der Waals surface area contributed by atoms with E-state index in [1.807, 2.05) is 53.5 Å². The predicted octanol–water partition coefficient (Wildman–Crippen LogP) is 5.21. The van der Waals surface area contributed by atoms with Gasteiger partial charge in [-0.25, -0.2) is 9.37 Å². The molecule has 170 valence electrons. The van der Waals surface area contributed by atoms with Crippen LogP contribution < -0.4 is 4.74 Å². The Morgan fingerprint density at radius 1 is 1.24 bits per heavy atom. The second kappa shape index (κ2) is 8.60. The second-order valence-electron chi connectivity index (χ2n) is 8.33. The van der Waals surface area contributed by atoms with Crippen molar-refractivity contribution in [1.29, 1.82) is 5.26 Å². The SMILES string of the molecule is COc1cc(-c2nnc3n(C(C)C4=CCC(F)C=C4)cc(C#N)cc2-3)ccc1-n1cnc(C)c1. The first-order chi connectivity index (χ1) is 16.5. The van der Waals surface area contributed by atoms with Crippen LogP contribution in [-0.2, 0) is 0 Å². The number of halogens is 1. The van der Waals surface area contributed by atoms with Crippen molar-refractivity contribution in [2.24, 2.45) is 0 Å². The molecule has 1 aromatic heterocycles. The van der Waals surface area contributed by atoms with E-state index in [0.29, 0.717) is 29.3 Å². The third-order valence-electron chi connectivity index (χ3n) is 6.11. The Hall–Kier alpha value is -4.25. The van der Waals surface area contributed by atoms with Crippen LogP contribution in [0.25, 0.3) is 28.3 Å². The fourth-order valence-electron chi connectivity index (χ4n) is 4.28. The average molecular weight is 455 g/mol. The maximum absolute atomic E-state index is 13.6. The van der Waals surface area contributed by atoms with E-state index in [1.165, 1.54) is 0 Å². The molecule has 3 aliphatic rings. The van der Waals surface area contributed by atoms with Gasteiger partial charge in [0, 0.05) is 29.9 Å². The van der Waals surface area contributed by atoms with Gasteiger partial charge in [-0.1, -0.05) is 24.3 Å². The molecule has 1 aliphatic carbocycles. The van der Waals surface area contributed by atoms with E-state index in [4.69, 9.17) is 4.74 Å². The van der Waals surface area contributed by atoms with Crippen LogP contribution in [0.15, 0.2) is 66.8 Å². The monoisotopic (exact) mass is 454 g/mol. The Bertz CT molecular complexity index is 1440. The van der Waals surface area contributed by atoms with Crippen LogP contribution in [0.2, 0.25) is 0 Å². The van der Waals surface area contributed by atoms with Crippen LogP contribution in [-0.4, -0.2) is 37.6 Å². The number of fused-ring (bicyclic) bond motifs is 1. The topological polar surface area (TPSA) is 81.5 Å². The molecule has 5 rings (SSSR count). The van der Waals surface area contributed by atoms with Crippen LogP contribution in [0.1, 0.15) is 30.6 Å². The summed E-state index contributed by atoms with van der Waals surface area (Å²) in [6.45, 7) is 3.94. The average Bonchev–Trinajstić information content (AvgIpc) is 3.49. The summed E-state index contributed by atoms with van der Waals surface area (Å²) in [6, 6.07) is 9.72. The van der Waals surface area contributed by atoms with Crippen molar-refractivity contribution in [2.45, 2.75) is 32.5 Å². The first-order valence-corrected chi connectivity index (χ1v) is 11.0. The number of hydrogen-bond acceptors (Lipinski definition) is 5. The van der Waals surface area contributed by atoms with E-state index >= 15 is 0 Å². The van der Waals surface area contributed by atoms with Crippen LogP contribution in [0.5, 0.6) is 5.75 Å². The number of ether oxygens (including phenoxy) is 1. The highest BCUT2D eigenvalue weighted by atomic mass is 19.1. The first-order valence-electron chi connectivity index (χ1n) is 11.0. The zero-order valence-electron chi connectivity index (χ0n) is 19.1. The molecule has 0 radical (unpaired) electrons. The van der Waals surface area contributed by atoms with Gasteiger partial charge >= 0.3 is 0 Å². The summed E-state index contributed by atoms with van der Waals surface area (Å²) in [5.74, 6) is 1.33. The van der Waals surface area contributed by atoms with Crippen molar-refractivity contribution in [3.05, 3.63) is 78.0 Å². The lowest BCUT2D eigenvalue weighted by Crippen LogP contribution is -2.14. The third kappa shape index (κ3) is 3.75. The highest BCUT2D eigenvalue weighted by Gasteiger charge is 2.24. The van der Waals surface area contributed by atoms with E-state index in [0.717, 1.165) is 28.1 Å². The molecule has 2 aliphatic heterocycles. The number of nitriles is 1. The Morgan fingerprint density at radius 3 is 2.76 bits per heavy atom. The van der Waals surface area contributed by atoms with E-state index in [9.17, 15) is 9.65 Å². The van der Waals surface area contributed by atoms with Gasteiger partial charge in [0.25, 0.3) is 0 Å². The van der Waals surface area contributed by atoms with Crippen molar-refractivity contribution in [1.82, 2.24) is 24.3 Å². The molecule has 0 spiro atoms. The third-order valence-corrected chi connectivity index (χ3v) is 6.11. The molecular weight excluding hydrogens is 431 g/mol. The summed E-state index contributed by atoms with van der Waals surface area (Å²) < 4.78 is 23.1. The van der Waals surface area contributed by atoms with Crippen molar-refractivity contribution >= 4 is 0 Å². The smallest absolute Gasteiger partial charge is 0.165 e. The van der Waals surface area contributed by atoms with E-state index in [1.54, 1.807) is 37.9 Å². The number of hydrogen-bond donors (Lipinski definition) is 0. The van der Waals surface area contributed by atoms with Crippen molar-refractivity contribution in [3.8, 4) is 40.2 Å². The van der Waals surface area contributed by atoms with Gasteiger partial charge in [-0.15, -0.1) is 10.2 Å². The summed E-state index contributed by atoms with van der Waals surface area (Å²) in [5, 5.41) is 18.6. The van der Waals surface area contributed by atoms with E-state index < -0.39 is 6.17 Å². The molecule has 0 bridgehead atoms. The minimum Gasteiger partial charge on any atom is -0.495 e. The summed E-state index contributed by atoms with van der Waals surface area (Å²) in [5.41, 5.74) is 5.50. The Kier molecular flexibility index (Phi) is 5.46. The van der Waals surface area contributed by atoms with Crippen molar-refractivity contribution in [3.63, 3.8) is 0 Å². The second-order valence-corrected chi connectivity index (χ2v) is 8.33. The van der Waals surface area contributed by atoms with Gasteiger partial charge in [0.15, 0.2) is 5.82 Å². The van der Waals surface area contributed by atoms with Gasteiger partial charge in [-0.2, -0.15) is 5.26 Å². The molecule has 8 heteroatoms. The van der Waals surface area contributed by atoms with Crippen LogP contribution in [0.3, 0.4) is 0 Å². The molecule has 0 saturated heterocycles. The Labute approximate surface area is 196 Å². The number of pyridine rings is 1. The number of alkyl halides is 1. The highest BCUT2D eigenvalue weighted by Crippen LogP contribution is 2.38. The van der Waals surface area contributed by atoms with Gasteiger partial charge in [-0.05, 0) is 37.6 Å². The molecule has 2 aromatic rings. The summed E-state index contributed by atoms with van der Waals surface area (Å²) in [7, 11) is 1.62. The number of allylic oxidation sites excluding steroid dienone is 4. The minimum absolute atomic E-state index is 0.134. The molecule has 0 fully saturated rings. The summed E-state index contributed by atoms with van der Waals surface area (Å²) >= 11 is 0. The molecule has 2 unspecified atom stereocenters. The number of methoxy groups -OCH3 is 1. The molecule has 0 saturated carbocycles. The quantitative estimate of drug-likeness (QED) is 0.413. The van der Waals surface area contributed by atoms with Crippen LogP contribution in [0, 0.1) is 18.3 Å². The van der Waals surface area contributed by atoms with Gasteiger partial charge in [0.2, 0.25) is 0 Å². The number of imidazole rings is 1. The standard InChI is InChI=1S/C26H23FN6O/c1-16-13-32(15-29-16)23-9-6-20(11-24(23)34-3)25-22-10-18(12-28)14-33(26(22)31-30-25)17(2)19-4-7-21(27)8-5-19/h4-7,9-11,13-15,17,21H,8H2,1-3H3. The molecule has 34 heavy (non-hydrogen) atoms. The maximum Gasteiger partial charge on any atom is 0.165 e. The first kappa shape index (κ1) is 21.6. The number of aryl methyl sites for hydroxylation is 1. The molecule has 2 atom stereocenters. The summed E-state index contributed by atoms with van der Waals surface area (Å²) in [6.07, 6.45) is 10.1. The van der Waals surface area contributed by atoms with Gasteiger partial charge in [-0.3, -0.25) is 0 Å². The zero-order chi connectivity index (χ0) is 23.8. The molecule has 0 N–H and O–H groups in total. The summed E-state index contributed by atoms with van der Waals surface area (Å²) in [4.78, 5) is 4.29. The maximum atomic E-state index is 13.6. The Balaban J connectivity index is 1.57. The predicted molar refractivity (Wildman–Crippen MR) is 127 cm³/mol. The lowest BCUT2D eigenvalue weighted by molar-refractivity contribution is 0.398. The van der Waals surface area contributed by atoms with E-state index in [-0.39, 0.29) is 6.04 Å². The van der Waals surface area contributed by atoms with Gasteiger partial charge in [0.05, 0.1) is 36.4 Å². The highest BCUT2D eigenvalue weighted by molar-refractivity contribution is 5.81. The lowest BCUT2D eigenvalue weighted by atomic mass is 9.98. The number of benzene rings is 1. The molecule has 0 amide bonds. The van der Waals surface area contributed by atoms with Crippen LogP contribution in [0.4, 0.5) is 4.39 Å². The fraction of sp³-hybridized carbons (Fsp3) is 0.231. The molecular formula is C26H23FN6O. The van der Waals surface area contributed by atoms with Crippen molar-refractivity contribution < 1.29 is 9.13 Å². The number of nitrogens with zero attached hydrogens (tertiary/aromatic N) is 6. The molecule has 1 aromatic carbocycles. The molecule has 3 heterocycles. The largest absolute Gasteiger partial charge is 0.495 e. The fourth-order valence-corrected chi connectivity index (χ4v) is 4.28. The number of aromatic nitrogens is 5. The van der Waals surface area contributed by atoms with Crippen molar-refractivity contribution in [2.75, 3.05) is 7.11 Å². The normalized spacial score (nSPS) is 16.3. The number of rotatable bonds is 5.